The molecule has 1 aromatic heterocycles. The molecular formula is C43H64N6O6S2. The van der Waals surface area contributed by atoms with Gasteiger partial charge in [-0.1, -0.05) is 59.8 Å². The first-order chi connectivity index (χ1) is 27.5. The molecule has 14 heteroatoms. The molecule has 4 bridgehead atoms. The molecule has 1 amide bonds. The van der Waals surface area contributed by atoms with Crippen LogP contribution in [0.1, 0.15) is 133 Å². The van der Waals surface area contributed by atoms with Crippen LogP contribution >= 0.6 is 21.6 Å². The molecule has 1 spiro atoms. The first kappa shape index (κ1) is 43.2. The zero-order chi connectivity index (χ0) is 40.3. The third-order valence-electron chi connectivity index (χ3n) is 12.0. The van der Waals surface area contributed by atoms with Crippen molar-refractivity contribution in [1.82, 2.24) is 15.2 Å². The van der Waals surface area contributed by atoms with Gasteiger partial charge in [-0.15, -0.1) is 0 Å². The highest BCUT2D eigenvalue weighted by Gasteiger charge is 2.43. The number of nitrogens with two attached hydrogens (primary N) is 2. The molecule has 2 aliphatic carbocycles. The Morgan fingerprint density at radius 2 is 1.77 bits per heavy atom. The van der Waals surface area contributed by atoms with Crippen LogP contribution in [0.5, 0.6) is 11.5 Å². The SMILES string of the molecule is CC(=O)OC1CCc2cc(c(O)c(OC3CCCC3)c2)CN2CC(Cc3ccnc(N)c3)(CCN=C(N)NC3(CCCC3)SSCCCCCCC(O)C1)CC2=O. The van der Waals surface area contributed by atoms with Crippen LogP contribution in [0.2, 0.25) is 0 Å². The number of nitrogens with zero attached hydrogens (tertiary/aromatic N) is 3. The molecule has 3 fully saturated rings. The molecule has 57 heavy (non-hydrogen) atoms. The summed E-state index contributed by atoms with van der Waals surface area (Å²) in [6, 6.07) is 7.67. The van der Waals surface area contributed by atoms with Gasteiger partial charge in [-0.25, -0.2) is 4.98 Å². The quantitative estimate of drug-likeness (QED) is 0.151. The highest BCUT2D eigenvalue weighted by Crippen LogP contribution is 2.46. The fourth-order valence-electron chi connectivity index (χ4n) is 9.13. The third kappa shape index (κ3) is 12.8. The number of ether oxygens (including phenoxy) is 2. The van der Waals surface area contributed by atoms with E-state index in [0.717, 1.165) is 93.9 Å². The average molecular weight is 825 g/mol. The maximum Gasteiger partial charge on any atom is 0.302 e. The lowest BCUT2D eigenvalue weighted by Crippen LogP contribution is -2.47. The van der Waals surface area contributed by atoms with Gasteiger partial charge in [-0.3, -0.25) is 14.6 Å². The van der Waals surface area contributed by atoms with Crippen LogP contribution in [-0.2, 0) is 33.7 Å². The summed E-state index contributed by atoms with van der Waals surface area (Å²) in [5.41, 5.74) is 14.8. The molecule has 3 heterocycles. The number of esters is 1. The molecule has 2 saturated carbocycles. The van der Waals surface area contributed by atoms with E-state index in [-0.39, 0.29) is 35.1 Å². The fourth-order valence-corrected chi connectivity index (χ4v) is 12.3. The minimum atomic E-state index is -0.570. The van der Waals surface area contributed by atoms with Gasteiger partial charge in [0.15, 0.2) is 17.5 Å². The largest absolute Gasteiger partial charge is 0.504 e. The van der Waals surface area contributed by atoms with Gasteiger partial charge in [0.2, 0.25) is 5.91 Å². The number of rotatable bonds is 5. The molecule has 2 aromatic rings. The van der Waals surface area contributed by atoms with Crippen molar-refractivity contribution in [3.05, 3.63) is 47.2 Å². The van der Waals surface area contributed by atoms with Gasteiger partial charge in [0.25, 0.3) is 0 Å². The molecule has 0 radical (unpaired) electrons. The van der Waals surface area contributed by atoms with Gasteiger partial charge in [-0.2, -0.15) is 0 Å². The third-order valence-corrected chi connectivity index (χ3v) is 15.3. The zero-order valence-corrected chi connectivity index (χ0v) is 35.4. The Balaban J connectivity index is 1.28. The molecule has 3 unspecified atom stereocenters. The molecule has 7 N–H and O–H groups in total. The van der Waals surface area contributed by atoms with Crippen LogP contribution < -0.4 is 21.5 Å². The standard InChI is InChI=1S/C43H64N6O6S2/c1-30(50)54-36-14-13-31-22-33(40(53)37(23-31)55-35-11-5-6-12-35)28-49-29-42(27-39(49)52,26-32-15-19-46-38(44)24-32)18-20-47-41(45)48-43(16-7-8-17-43)57-56-21-9-3-2-4-10-34(51)25-36/h15,19,22-24,34-36,51,53H,2-14,16-18,20-21,25-29H2,1H3,(H2,44,46)(H3,45,47,48). The summed E-state index contributed by atoms with van der Waals surface area (Å²) in [4.78, 5) is 36.9. The summed E-state index contributed by atoms with van der Waals surface area (Å²) >= 11 is 0. The number of aromatic nitrogens is 1. The molecule has 4 aliphatic rings. The second-order valence-corrected chi connectivity index (χ2v) is 19.7. The Hall–Kier alpha value is -3.36. The lowest BCUT2D eigenvalue weighted by Gasteiger charge is -2.30. The Morgan fingerprint density at radius 1 is 1.00 bits per heavy atom. The number of aliphatic imine (C=N–C) groups is 1. The van der Waals surface area contributed by atoms with Gasteiger partial charge in [-0.05, 0) is 106 Å². The van der Waals surface area contributed by atoms with Crippen LogP contribution in [0, 0.1) is 5.41 Å². The summed E-state index contributed by atoms with van der Waals surface area (Å²) in [5.74, 6) is 2.04. The van der Waals surface area contributed by atoms with E-state index < -0.39 is 17.6 Å². The summed E-state index contributed by atoms with van der Waals surface area (Å²) in [5, 5.41) is 26.3. The monoisotopic (exact) mass is 824 g/mol. The summed E-state index contributed by atoms with van der Waals surface area (Å²) < 4.78 is 12.1. The van der Waals surface area contributed by atoms with Crippen molar-refractivity contribution in [2.24, 2.45) is 16.1 Å². The minimum Gasteiger partial charge on any atom is -0.504 e. The van der Waals surface area contributed by atoms with Crippen molar-refractivity contribution in [3.8, 4) is 11.5 Å². The molecule has 3 atom stereocenters. The molecule has 12 nitrogen and oxygen atoms in total. The van der Waals surface area contributed by atoms with E-state index in [1.54, 1.807) is 6.20 Å². The van der Waals surface area contributed by atoms with E-state index >= 15 is 0 Å². The first-order valence-corrected chi connectivity index (χ1v) is 23.5. The Bertz CT molecular complexity index is 1690. The second-order valence-electron chi connectivity index (χ2n) is 16.9. The molecular weight excluding hydrogens is 761 g/mol. The van der Waals surface area contributed by atoms with Crippen LogP contribution in [-0.4, -0.2) is 80.0 Å². The molecule has 2 aliphatic heterocycles. The van der Waals surface area contributed by atoms with Crippen LogP contribution in [0.4, 0.5) is 5.82 Å². The number of hydrogen-bond donors (Lipinski definition) is 5. The van der Waals surface area contributed by atoms with Gasteiger partial charge in [0.1, 0.15) is 11.9 Å². The lowest BCUT2D eigenvalue weighted by molar-refractivity contribution is -0.148. The van der Waals surface area contributed by atoms with E-state index in [4.69, 9.17) is 25.9 Å². The predicted octanol–water partition coefficient (Wildman–Crippen LogP) is 7.18. The van der Waals surface area contributed by atoms with Crippen LogP contribution in [0.25, 0.3) is 0 Å². The van der Waals surface area contributed by atoms with Crippen molar-refractivity contribution in [2.75, 3.05) is 24.6 Å². The number of phenolic OH excluding ortho intramolecular Hbond substituents is 1. The Kier molecular flexibility index (Phi) is 15.6. The number of benzene rings is 1. The van der Waals surface area contributed by atoms with Crippen molar-refractivity contribution in [3.63, 3.8) is 0 Å². The maximum atomic E-state index is 14.0. The van der Waals surface area contributed by atoms with E-state index in [1.807, 2.05) is 50.8 Å². The fraction of sp³-hybridized carbons (Fsp3) is 0.674. The Morgan fingerprint density at radius 3 is 2.54 bits per heavy atom. The number of aryl methyl sites for hydroxylation is 1. The lowest BCUT2D eigenvalue weighted by atomic mass is 9.78. The normalized spacial score (nSPS) is 26.2. The van der Waals surface area contributed by atoms with Crippen molar-refractivity contribution >= 4 is 45.2 Å². The number of nitrogens with one attached hydrogen (secondary N) is 1. The number of hydrogen-bond acceptors (Lipinski definition) is 13. The minimum absolute atomic E-state index is 0.00905. The zero-order valence-electron chi connectivity index (χ0n) is 33.7. The highest BCUT2D eigenvalue weighted by atomic mass is 33.1. The number of phenols is 1. The van der Waals surface area contributed by atoms with E-state index in [1.165, 1.54) is 6.92 Å². The summed E-state index contributed by atoms with van der Waals surface area (Å²) in [6.45, 7) is 2.57. The number of guanidine groups is 1. The first-order valence-electron chi connectivity index (χ1n) is 21.2. The molecule has 6 rings (SSSR count). The summed E-state index contributed by atoms with van der Waals surface area (Å²) in [6.07, 6.45) is 16.9. The Labute approximate surface area is 346 Å². The smallest absolute Gasteiger partial charge is 0.302 e. The number of carbonyl (C=O) groups is 2. The second kappa shape index (κ2) is 20.6. The number of pyridine rings is 1. The number of amides is 1. The average Bonchev–Trinajstić information content (AvgIpc) is 3.91. The maximum absolute atomic E-state index is 14.0. The van der Waals surface area contributed by atoms with Crippen LogP contribution in [0.15, 0.2) is 35.5 Å². The van der Waals surface area contributed by atoms with Crippen molar-refractivity contribution < 1.29 is 29.3 Å². The van der Waals surface area contributed by atoms with Gasteiger partial charge < -0.3 is 41.4 Å². The predicted molar refractivity (Wildman–Crippen MR) is 229 cm³/mol. The topological polar surface area (TPSA) is 186 Å². The van der Waals surface area contributed by atoms with E-state index in [9.17, 15) is 19.8 Å². The number of fused-ring (bicyclic) bond motifs is 4. The number of carbonyl (C=O) groups excluding carboxylic acids is 2. The number of aromatic hydroxyl groups is 1. The summed E-state index contributed by atoms with van der Waals surface area (Å²) in [7, 11) is 3.78. The van der Waals surface area contributed by atoms with E-state index in [2.05, 4.69) is 10.3 Å². The molecule has 314 valence electrons. The van der Waals surface area contributed by atoms with E-state index in [0.29, 0.717) is 81.1 Å². The highest BCUT2D eigenvalue weighted by molar-refractivity contribution is 8.77. The number of aliphatic hydroxyl groups excluding tert-OH is 1. The molecule has 1 saturated heterocycles. The van der Waals surface area contributed by atoms with Crippen molar-refractivity contribution in [2.45, 2.75) is 159 Å². The number of aliphatic hydroxyl groups is 1. The molecule has 1 aromatic carbocycles. The van der Waals surface area contributed by atoms with Gasteiger partial charge in [0.05, 0.1) is 17.1 Å². The number of anilines is 1. The van der Waals surface area contributed by atoms with Crippen LogP contribution in [0.3, 0.4) is 0 Å². The van der Waals surface area contributed by atoms with Crippen molar-refractivity contribution in [1.29, 1.82) is 0 Å². The number of nitrogen functional groups attached to an aromatic ring is 1. The van der Waals surface area contributed by atoms with Gasteiger partial charge >= 0.3 is 5.97 Å². The van der Waals surface area contributed by atoms with Gasteiger partial charge in [0, 0.05) is 62.3 Å².